The number of anilines is 1. The fourth-order valence-electron chi connectivity index (χ4n) is 3.25. The van der Waals surface area contributed by atoms with Crippen LogP contribution >= 0.6 is 23.1 Å². The number of para-hydroxylation sites is 1. The molecule has 0 aliphatic heterocycles. The summed E-state index contributed by atoms with van der Waals surface area (Å²) in [4.78, 5) is 15.6. The van der Waals surface area contributed by atoms with Gasteiger partial charge < -0.3 is 4.98 Å². The summed E-state index contributed by atoms with van der Waals surface area (Å²) < 4.78 is 15.4. The summed E-state index contributed by atoms with van der Waals surface area (Å²) in [5, 5.41) is 22.0. The average molecular weight is 466 g/mol. The minimum atomic E-state index is -0.337. The number of amides is 1. The van der Waals surface area contributed by atoms with E-state index in [0.717, 1.165) is 21.5 Å². The van der Waals surface area contributed by atoms with Gasteiger partial charge in [-0.15, -0.1) is 20.4 Å². The van der Waals surface area contributed by atoms with E-state index in [1.54, 1.807) is 12.1 Å². The highest BCUT2D eigenvalue weighted by Gasteiger charge is 2.20. The smallest absolute Gasteiger partial charge is 0.236 e. The molecule has 2 N–H and O–H groups in total. The molecule has 3 aromatic heterocycles. The summed E-state index contributed by atoms with van der Waals surface area (Å²) in [5.74, 6) is 0.132. The van der Waals surface area contributed by atoms with Crippen molar-refractivity contribution in [1.29, 1.82) is 0 Å². The van der Waals surface area contributed by atoms with Crippen molar-refractivity contribution < 1.29 is 9.18 Å². The standard InChI is InChI=1S/C21H16FN7OS2/c1-12-25-27-20(32-12)24-18(30)11-31-21-28-26-19(29(21)14-8-6-13(22)7-9-14)16-10-23-17-5-3-2-4-15(16)17/h2-10,23H,11H2,1H3,(H,24,27,30). The molecule has 0 aliphatic carbocycles. The number of aromatic nitrogens is 6. The quantitative estimate of drug-likeness (QED) is 0.360. The maximum absolute atomic E-state index is 13.6. The summed E-state index contributed by atoms with van der Waals surface area (Å²) in [5.41, 5.74) is 2.52. The molecule has 0 atom stereocenters. The zero-order chi connectivity index (χ0) is 22.1. The van der Waals surface area contributed by atoms with E-state index in [-0.39, 0.29) is 17.5 Å². The molecule has 0 saturated carbocycles. The zero-order valence-electron chi connectivity index (χ0n) is 16.7. The minimum Gasteiger partial charge on any atom is -0.360 e. The summed E-state index contributed by atoms with van der Waals surface area (Å²) in [6, 6.07) is 14.0. The molecule has 2 aromatic carbocycles. The van der Waals surface area contributed by atoms with E-state index < -0.39 is 0 Å². The van der Waals surface area contributed by atoms with Crippen LogP contribution in [0.25, 0.3) is 28.0 Å². The molecule has 0 spiro atoms. The highest BCUT2D eigenvalue weighted by Crippen LogP contribution is 2.32. The molecule has 0 radical (unpaired) electrons. The van der Waals surface area contributed by atoms with E-state index in [0.29, 0.717) is 21.8 Å². The van der Waals surface area contributed by atoms with Crippen LogP contribution in [0.5, 0.6) is 0 Å². The summed E-state index contributed by atoms with van der Waals surface area (Å²) in [7, 11) is 0. The van der Waals surface area contributed by atoms with Gasteiger partial charge in [0, 0.05) is 28.4 Å². The van der Waals surface area contributed by atoms with Gasteiger partial charge in [0.15, 0.2) is 11.0 Å². The van der Waals surface area contributed by atoms with Gasteiger partial charge >= 0.3 is 0 Å². The first-order valence-corrected chi connectivity index (χ1v) is 11.4. The molecule has 160 valence electrons. The van der Waals surface area contributed by atoms with E-state index in [1.165, 1.54) is 35.2 Å². The maximum Gasteiger partial charge on any atom is 0.236 e. The van der Waals surface area contributed by atoms with E-state index in [9.17, 15) is 9.18 Å². The normalized spacial score (nSPS) is 11.2. The molecule has 1 amide bonds. The van der Waals surface area contributed by atoms with Gasteiger partial charge in [-0.05, 0) is 37.3 Å². The molecule has 8 nitrogen and oxygen atoms in total. The molecular formula is C21H16FN7OS2. The second-order valence-corrected chi connectivity index (χ2v) is 8.95. The first-order chi connectivity index (χ1) is 15.6. The van der Waals surface area contributed by atoms with Crippen LogP contribution in [0.1, 0.15) is 5.01 Å². The van der Waals surface area contributed by atoms with Crippen molar-refractivity contribution in [2.75, 3.05) is 11.1 Å². The number of aromatic amines is 1. The van der Waals surface area contributed by atoms with Gasteiger partial charge in [0.05, 0.1) is 5.75 Å². The predicted octanol–water partition coefficient (Wildman–Crippen LogP) is 4.45. The fraction of sp³-hybridized carbons (Fsp3) is 0.0952. The number of fused-ring (bicyclic) bond motifs is 1. The number of halogens is 1. The van der Waals surface area contributed by atoms with Crippen molar-refractivity contribution in [2.24, 2.45) is 0 Å². The van der Waals surface area contributed by atoms with Crippen molar-refractivity contribution >= 4 is 45.0 Å². The lowest BCUT2D eigenvalue weighted by atomic mass is 10.1. The van der Waals surface area contributed by atoms with Gasteiger partial charge in [0.1, 0.15) is 10.8 Å². The molecule has 32 heavy (non-hydrogen) atoms. The molecule has 11 heteroatoms. The van der Waals surface area contributed by atoms with Crippen LogP contribution in [0.2, 0.25) is 0 Å². The Bertz CT molecular complexity index is 1410. The average Bonchev–Trinajstić information content (AvgIpc) is 3.51. The number of H-pyrrole nitrogens is 1. The number of rotatable bonds is 6. The molecule has 0 aliphatic rings. The first kappa shape index (κ1) is 20.3. The van der Waals surface area contributed by atoms with Crippen molar-refractivity contribution in [2.45, 2.75) is 12.1 Å². The van der Waals surface area contributed by atoms with E-state index in [2.05, 4.69) is 30.7 Å². The largest absolute Gasteiger partial charge is 0.360 e. The topological polar surface area (TPSA) is 101 Å². The Morgan fingerprint density at radius 2 is 1.94 bits per heavy atom. The lowest BCUT2D eigenvalue weighted by Crippen LogP contribution is -2.14. The van der Waals surface area contributed by atoms with Crippen LogP contribution in [0, 0.1) is 12.7 Å². The second-order valence-electron chi connectivity index (χ2n) is 6.83. The molecule has 3 heterocycles. The van der Waals surface area contributed by atoms with Crippen molar-refractivity contribution in [3.8, 4) is 17.1 Å². The van der Waals surface area contributed by atoms with Crippen LogP contribution < -0.4 is 5.32 Å². The number of hydrogen-bond acceptors (Lipinski definition) is 7. The third-order valence-corrected chi connectivity index (χ3v) is 6.34. The number of nitrogens with one attached hydrogen (secondary N) is 2. The second kappa shape index (κ2) is 8.52. The molecule has 5 rings (SSSR count). The van der Waals surface area contributed by atoms with Crippen LogP contribution in [0.15, 0.2) is 59.9 Å². The Morgan fingerprint density at radius 1 is 1.12 bits per heavy atom. The lowest BCUT2D eigenvalue weighted by Gasteiger charge is -2.10. The fourth-order valence-corrected chi connectivity index (χ4v) is 4.61. The van der Waals surface area contributed by atoms with Crippen LogP contribution in [-0.2, 0) is 4.79 Å². The molecule has 0 unspecified atom stereocenters. The minimum absolute atomic E-state index is 0.103. The Morgan fingerprint density at radius 3 is 2.72 bits per heavy atom. The highest BCUT2D eigenvalue weighted by atomic mass is 32.2. The van der Waals surface area contributed by atoms with Gasteiger partial charge in [-0.1, -0.05) is 41.3 Å². The Balaban J connectivity index is 1.48. The summed E-state index contributed by atoms with van der Waals surface area (Å²) >= 11 is 2.54. The van der Waals surface area contributed by atoms with Crippen molar-refractivity contribution in [3.05, 3.63) is 65.6 Å². The third-order valence-electron chi connectivity index (χ3n) is 4.65. The van der Waals surface area contributed by atoms with E-state index in [1.807, 2.05) is 42.0 Å². The van der Waals surface area contributed by atoms with Crippen LogP contribution in [0.4, 0.5) is 9.52 Å². The number of nitrogens with zero attached hydrogens (tertiary/aromatic N) is 5. The Labute approximate surface area is 189 Å². The summed E-state index contributed by atoms with van der Waals surface area (Å²) in [6.07, 6.45) is 1.87. The molecule has 0 fully saturated rings. The van der Waals surface area contributed by atoms with Crippen LogP contribution in [-0.4, -0.2) is 41.6 Å². The summed E-state index contributed by atoms with van der Waals surface area (Å²) in [6.45, 7) is 1.82. The molecule has 0 bridgehead atoms. The number of carbonyl (C=O) groups is 1. The number of carbonyl (C=O) groups excluding carboxylic acids is 1. The lowest BCUT2D eigenvalue weighted by molar-refractivity contribution is -0.113. The predicted molar refractivity (Wildman–Crippen MR) is 123 cm³/mol. The Kier molecular flexibility index (Phi) is 5.41. The van der Waals surface area contributed by atoms with Gasteiger partial charge in [0.2, 0.25) is 11.0 Å². The first-order valence-electron chi connectivity index (χ1n) is 9.59. The number of aryl methyl sites for hydroxylation is 1. The SMILES string of the molecule is Cc1nnc(NC(=O)CSc2nnc(-c3c[nH]c4ccccc34)n2-c2ccc(F)cc2)s1. The van der Waals surface area contributed by atoms with Gasteiger partial charge in [0.25, 0.3) is 0 Å². The van der Waals surface area contributed by atoms with Crippen molar-refractivity contribution in [1.82, 2.24) is 29.9 Å². The van der Waals surface area contributed by atoms with Gasteiger partial charge in [-0.25, -0.2) is 4.39 Å². The van der Waals surface area contributed by atoms with E-state index >= 15 is 0 Å². The van der Waals surface area contributed by atoms with E-state index in [4.69, 9.17) is 0 Å². The molecule has 5 aromatic rings. The Hall–Kier alpha value is -3.57. The molecule has 0 saturated heterocycles. The van der Waals surface area contributed by atoms with Gasteiger partial charge in [-0.2, -0.15) is 0 Å². The monoisotopic (exact) mass is 465 g/mol. The van der Waals surface area contributed by atoms with Gasteiger partial charge in [-0.3, -0.25) is 14.7 Å². The number of benzene rings is 2. The maximum atomic E-state index is 13.6. The van der Waals surface area contributed by atoms with Crippen molar-refractivity contribution in [3.63, 3.8) is 0 Å². The third kappa shape index (κ3) is 3.99. The zero-order valence-corrected chi connectivity index (χ0v) is 18.4. The number of hydrogen-bond donors (Lipinski definition) is 2. The van der Waals surface area contributed by atoms with Crippen LogP contribution in [0.3, 0.4) is 0 Å². The highest BCUT2D eigenvalue weighted by molar-refractivity contribution is 7.99. The number of thioether (sulfide) groups is 1. The molecular weight excluding hydrogens is 449 g/mol.